The molecule has 0 saturated carbocycles. The van der Waals surface area contributed by atoms with Crippen LogP contribution in [-0.2, 0) is 11.3 Å². The highest BCUT2D eigenvalue weighted by Gasteiger charge is 2.25. The third-order valence-corrected chi connectivity index (χ3v) is 5.74. The summed E-state index contributed by atoms with van der Waals surface area (Å²) in [5.74, 6) is 1.74. The van der Waals surface area contributed by atoms with Crippen LogP contribution in [0.2, 0.25) is 0 Å². The molecule has 1 aromatic carbocycles. The Morgan fingerprint density at radius 1 is 1.26 bits per heavy atom. The summed E-state index contributed by atoms with van der Waals surface area (Å²) < 4.78 is 7.22. The number of hydrogen-bond donors (Lipinski definition) is 0. The van der Waals surface area contributed by atoms with Gasteiger partial charge in [0.15, 0.2) is 11.0 Å². The molecule has 0 spiro atoms. The van der Waals surface area contributed by atoms with Gasteiger partial charge in [-0.25, -0.2) is 0 Å². The lowest BCUT2D eigenvalue weighted by Gasteiger charge is -2.28. The summed E-state index contributed by atoms with van der Waals surface area (Å²) in [7, 11) is 1.64. The first-order valence-electron chi connectivity index (χ1n) is 9.28. The van der Waals surface area contributed by atoms with E-state index in [0.29, 0.717) is 6.54 Å². The van der Waals surface area contributed by atoms with E-state index in [1.54, 1.807) is 7.11 Å². The van der Waals surface area contributed by atoms with E-state index in [-0.39, 0.29) is 11.2 Å². The van der Waals surface area contributed by atoms with Crippen molar-refractivity contribution in [1.82, 2.24) is 19.7 Å². The largest absolute Gasteiger partial charge is 0.497 e. The van der Waals surface area contributed by atoms with E-state index in [4.69, 9.17) is 4.74 Å². The fourth-order valence-electron chi connectivity index (χ4n) is 3.20. The number of nitrogens with zero attached hydrogens (tertiary/aromatic N) is 4. The molecule has 1 fully saturated rings. The summed E-state index contributed by atoms with van der Waals surface area (Å²) in [5, 5.41) is 9.25. The first-order valence-corrected chi connectivity index (χ1v) is 10.2. The molecule has 0 N–H and O–H groups in total. The number of methoxy groups -OCH3 is 1. The van der Waals surface area contributed by atoms with Gasteiger partial charge < -0.3 is 9.64 Å². The Kier molecular flexibility index (Phi) is 6.55. The van der Waals surface area contributed by atoms with Crippen LogP contribution in [0, 0.1) is 0 Å². The Hall–Kier alpha value is -2.28. The van der Waals surface area contributed by atoms with Gasteiger partial charge in [0, 0.05) is 25.2 Å². The van der Waals surface area contributed by atoms with Crippen LogP contribution in [0.1, 0.15) is 26.2 Å². The molecule has 7 heteroatoms. The summed E-state index contributed by atoms with van der Waals surface area (Å²) >= 11 is 1.46. The van der Waals surface area contributed by atoms with Crippen molar-refractivity contribution < 1.29 is 9.53 Å². The predicted molar refractivity (Wildman–Crippen MR) is 108 cm³/mol. The minimum Gasteiger partial charge on any atom is -0.497 e. The van der Waals surface area contributed by atoms with Crippen molar-refractivity contribution >= 4 is 17.7 Å². The lowest BCUT2D eigenvalue weighted by Crippen LogP contribution is -2.40. The van der Waals surface area contributed by atoms with Crippen molar-refractivity contribution in [1.29, 1.82) is 0 Å². The number of benzene rings is 1. The Morgan fingerprint density at radius 2 is 1.96 bits per heavy atom. The van der Waals surface area contributed by atoms with Gasteiger partial charge >= 0.3 is 0 Å². The number of allylic oxidation sites excluding steroid dienone is 1. The number of likely N-dealkylation sites (tertiary alicyclic amines) is 1. The average Bonchev–Trinajstić information content (AvgIpc) is 3.10. The molecule has 3 rings (SSSR count). The first-order chi connectivity index (χ1) is 13.1. The second kappa shape index (κ2) is 9.08. The number of carbonyl (C=O) groups excluding carboxylic acids is 1. The summed E-state index contributed by atoms with van der Waals surface area (Å²) in [4.78, 5) is 14.7. The van der Waals surface area contributed by atoms with Crippen molar-refractivity contribution in [2.24, 2.45) is 0 Å². The highest BCUT2D eigenvalue weighted by molar-refractivity contribution is 8.00. The SMILES string of the molecule is C=CCn1c(S[C@@H](C)C(=O)N2CCCCC2)nnc1-c1ccc(OC)cc1. The number of hydrogen-bond acceptors (Lipinski definition) is 5. The van der Waals surface area contributed by atoms with Crippen LogP contribution in [0.15, 0.2) is 42.1 Å². The summed E-state index contributed by atoms with van der Waals surface area (Å²) in [6, 6.07) is 7.72. The van der Waals surface area contributed by atoms with Crippen molar-refractivity contribution in [3.8, 4) is 17.1 Å². The number of carbonyl (C=O) groups is 1. The first kappa shape index (κ1) is 19.5. The standard InChI is InChI=1S/C20H26N4O2S/c1-4-12-24-18(16-8-10-17(26-3)11-9-16)21-22-20(24)27-15(2)19(25)23-13-6-5-7-14-23/h4,8-11,15H,1,5-7,12-14H2,2-3H3/t15-/m0/s1. The van der Waals surface area contributed by atoms with E-state index < -0.39 is 0 Å². The molecule has 1 aliphatic heterocycles. The van der Waals surface area contributed by atoms with Gasteiger partial charge in [0.2, 0.25) is 5.91 Å². The molecular formula is C20H26N4O2S. The van der Waals surface area contributed by atoms with Crippen LogP contribution in [-0.4, -0.2) is 51.0 Å². The zero-order valence-electron chi connectivity index (χ0n) is 15.9. The number of thioether (sulfide) groups is 1. The lowest BCUT2D eigenvalue weighted by atomic mass is 10.1. The third-order valence-electron chi connectivity index (χ3n) is 4.67. The number of amides is 1. The maximum absolute atomic E-state index is 12.7. The van der Waals surface area contributed by atoms with Crippen LogP contribution in [0.25, 0.3) is 11.4 Å². The number of piperidine rings is 1. The molecule has 1 aromatic heterocycles. The normalized spacial score (nSPS) is 15.4. The fourth-order valence-corrected chi connectivity index (χ4v) is 4.15. The molecule has 6 nitrogen and oxygen atoms in total. The average molecular weight is 387 g/mol. The molecular weight excluding hydrogens is 360 g/mol. The zero-order chi connectivity index (χ0) is 19.2. The fraction of sp³-hybridized carbons (Fsp3) is 0.450. The lowest BCUT2D eigenvalue weighted by molar-refractivity contribution is -0.131. The second-order valence-corrected chi connectivity index (χ2v) is 7.89. The third kappa shape index (κ3) is 4.53. The van der Waals surface area contributed by atoms with Gasteiger partial charge in [0.1, 0.15) is 5.75 Å². The van der Waals surface area contributed by atoms with Crippen LogP contribution in [0.4, 0.5) is 0 Å². The molecule has 1 amide bonds. The quantitative estimate of drug-likeness (QED) is 0.537. The molecule has 1 aliphatic rings. The molecule has 2 heterocycles. The smallest absolute Gasteiger partial charge is 0.235 e. The minimum absolute atomic E-state index is 0.179. The molecule has 0 aliphatic carbocycles. The minimum atomic E-state index is -0.195. The van der Waals surface area contributed by atoms with Crippen molar-refractivity contribution in [3.63, 3.8) is 0 Å². The number of rotatable bonds is 7. The Labute approximate surface area is 164 Å². The highest BCUT2D eigenvalue weighted by Crippen LogP contribution is 2.29. The highest BCUT2D eigenvalue weighted by atomic mass is 32.2. The monoisotopic (exact) mass is 386 g/mol. The molecule has 0 radical (unpaired) electrons. The Morgan fingerprint density at radius 3 is 2.59 bits per heavy atom. The molecule has 144 valence electrons. The molecule has 2 aromatic rings. The zero-order valence-corrected chi connectivity index (χ0v) is 16.7. The van der Waals surface area contributed by atoms with E-state index in [1.165, 1.54) is 18.2 Å². The van der Waals surface area contributed by atoms with Crippen LogP contribution in [0.3, 0.4) is 0 Å². The van der Waals surface area contributed by atoms with Gasteiger partial charge in [-0.3, -0.25) is 9.36 Å². The molecule has 1 saturated heterocycles. The van der Waals surface area contributed by atoms with Gasteiger partial charge in [-0.15, -0.1) is 16.8 Å². The maximum atomic E-state index is 12.7. The van der Waals surface area contributed by atoms with Gasteiger partial charge in [-0.1, -0.05) is 17.8 Å². The van der Waals surface area contributed by atoms with Crippen LogP contribution >= 0.6 is 11.8 Å². The van der Waals surface area contributed by atoms with Gasteiger partial charge in [-0.05, 0) is 50.5 Å². The van der Waals surface area contributed by atoms with Gasteiger partial charge in [0.25, 0.3) is 0 Å². The maximum Gasteiger partial charge on any atom is 0.235 e. The summed E-state index contributed by atoms with van der Waals surface area (Å²) in [6.07, 6.45) is 5.22. The molecule has 0 bridgehead atoms. The number of aromatic nitrogens is 3. The van der Waals surface area contributed by atoms with E-state index in [2.05, 4.69) is 16.8 Å². The van der Waals surface area contributed by atoms with E-state index in [9.17, 15) is 4.79 Å². The summed E-state index contributed by atoms with van der Waals surface area (Å²) in [6.45, 7) is 8.10. The van der Waals surface area contributed by atoms with Gasteiger partial charge in [-0.2, -0.15) is 0 Å². The van der Waals surface area contributed by atoms with Crippen LogP contribution < -0.4 is 4.74 Å². The number of ether oxygens (including phenoxy) is 1. The second-order valence-electron chi connectivity index (χ2n) is 6.58. The van der Waals surface area contributed by atoms with Crippen LogP contribution in [0.5, 0.6) is 5.75 Å². The van der Waals surface area contributed by atoms with E-state index in [0.717, 1.165) is 48.2 Å². The van der Waals surface area contributed by atoms with Crippen molar-refractivity contribution in [2.45, 2.75) is 43.1 Å². The topological polar surface area (TPSA) is 60.2 Å². The van der Waals surface area contributed by atoms with Crippen molar-refractivity contribution in [3.05, 3.63) is 36.9 Å². The molecule has 27 heavy (non-hydrogen) atoms. The molecule has 1 atom stereocenters. The Bertz CT molecular complexity index is 782. The molecule has 0 unspecified atom stereocenters. The predicted octanol–water partition coefficient (Wildman–Crippen LogP) is 3.63. The van der Waals surface area contributed by atoms with Crippen molar-refractivity contribution in [2.75, 3.05) is 20.2 Å². The Balaban J connectivity index is 1.79. The van der Waals surface area contributed by atoms with E-state index in [1.807, 2.05) is 46.7 Å². The summed E-state index contributed by atoms with van der Waals surface area (Å²) in [5.41, 5.74) is 0.951. The van der Waals surface area contributed by atoms with E-state index >= 15 is 0 Å². The van der Waals surface area contributed by atoms with Gasteiger partial charge in [0.05, 0.1) is 12.4 Å².